The average molecular weight is 483 g/mol. The molecule has 0 fully saturated rings. The van der Waals surface area contributed by atoms with E-state index in [4.69, 9.17) is 0 Å². The first-order valence-electron chi connectivity index (χ1n) is 13.2. The molecular weight excluding hydrogens is 440 g/mol. The van der Waals surface area contributed by atoms with Crippen molar-refractivity contribution in [1.29, 1.82) is 0 Å². The quantitative estimate of drug-likeness (QED) is 0.212. The van der Waals surface area contributed by atoms with Gasteiger partial charge in [0.15, 0.2) is 0 Å². The standard InChI is InChI=1S/C29H42N2O4/c1-2-3-4-5-6-7-8-9-10-11-12-13-28(34)30-23-22-29(35)31(24-14-18-26(32)19-15-24)25-16-20-27(33)21-17-25/h14-21,32-33H,2-13,22-23H2,1H3,(H,30,34). The molecule has 0 aliphatic heterocycles. The van der Waals surface area contributed by atoms with Crippen LogP contribution >= 0.6 is 0 Å². The van der Waals surface area contributed by atoms with Crippen LogP contribution in [0.25, 0.3) is 0 Å². The number of phenols is 2. The highest BCUT2D eigenvalue weighted by atomic mass is 16.3. The fraction of sp³-hybridized carbons (Fsp3) is 0.517. The van der Waals surface area contributed by atoms with E-state index < -0.39 is 0 Å². The van der Waals surface area contributed by atoms with Crippen molar-refractivity contribution in [2.75, 3.05) is 11.4 Å². The van der Waals surface area contributed by atoms with Crippen molar-refractivity contribution < 1.29 is 19.8 Å². The molecule has 3 N–H and O–H groups in total. The molecule has 0 atom stereocenters. The Hall–Kier alpha value is -3.02. The smallest absolute Gasteiger partial charge is 0.233 e. The lowest BCUT2D eigenvalue weighted by Gasteiger charge is -2.23. The third-order valence-corrected chi connectivity index (χ3v) is 6.13. The molecule has 0 saturated carbocycles. The number of hydrogen-bond donors (Lipinski definition) is 3. The highest BCUT2D eigenvalue weighted by Crippen LogP contribution is 2.29. The maximum Gasteiger partial charge on any atom is 0.233 e. The van der Waals surface area contributed by atoms with Crippen LogP contribution in [-0.2, 0) is 9.59 Å². The van der Waals surface area contributed by atoms with Gasteiger partial charge in [-0.05, 0) is 55.0 Å². The minimum absolute atomic E-state index is 0.0189. The van der Waals surface area contributed by atoms with Crippen molar-refractivity contribution >= 4 is 23.2 Å². The van der Waals surface area contributed by atoms with Gasteiger partial charge in [0, 0.05) is 30.8 Å². The van der Waals surface area contributed by atoms with Crippen molar-refractivity contribution in [3.8, 4) is 11.5 Å². The van der Waals surface area contributed by atoms with Crippen LogP contribution in [0.15, 0.2) is 48.5 Å². The van der Waals surface area contributed by atoms with Crippen LogP contribution in [-0.4, -0.2) is 28.6 Å². The number of benzene rings is 2. The van der Waals surface area contributed by atoms with E-state index in [0.717, 1.165) is 12.8 Å². The fourth-order valence-corrected chi connectivity index (χ4v) is 4.10. The topological polar surface area (TPSA) is 89.9 Å². The zero-order valence-electron chi connectivity index (χ0n) is 21.2. The van der Waals surface area contributed by atoms with Gasteiger partial charge in [-0.3, -0.25) is 14.5 Å². The monoisotopic (exact) mass is 482 g/mol. The van der Waals surface area contributed by atoms with E-state index in [9.17, 15) is 19.8 Å². The molecule has 0 spiro atoms. The molecule has 0 aliphatic rings. The number of amides is 2. The summed E-state index contributed by atoms with van der Waals surface area (Å²) in [5, 5.41) is 22.0. The highest BCUT2D eigenvalue weighted by molar-refractivity contribution is 6.00. The van der Waals surface area contributed by atoms with E-state index in [2.05, 4.69) is 12.2 Å². The fourth-order valence-electron chi connectivity index (χ4n) is 4.10. The molecule has 2 amide bonds. The van der Waals surface area contributed by atoms with Crippen molar-refractivity contribution in [1.82, 2.24) is 5.32 Å². The molecule has 0 bridgehead atoms. The Morgan fingerprint density at radius 3 is 1.54 bits per heavy atom. The average Bonchev–Trinajstić information content (AvgIpc) is 2.85. The predicted octanol–water partition coefficient (Wildman–Crippen LogP) is 6.97. The van der Waals surface area contributed by atoms with E-state index >= 15 is 0 Å². The van der Waals surface area contributed by atoms with Gasteiger partial charge in [0.2, 0.25) is 11.8 Å². The Morgan fingerprint density at radius 2 is 1.09 bits per heavy atom. The maximum atomic E-state index is 13.0. The first-order chi connectivity index (χ1) is 17.0. The second-order valence-electron chi connectivity index (χ2n) is 9.15. The Kier molecular flexibility index (Phi) is 13.4. The van der Waals surface area contributed by atoms with Gasteiger partial charge >= 0.3 is 0 Å². The third-order valence-electron chi connectivity index (χ3n) is 6.13. The van der Waals surface area contributed by atoms with Gasteiger partial charge in [0.25, 0.3) is 0 Å². The van der Waals surface area contributed by atoms with E-state index in [1.54, 1.807) is 24.3 Å². The van der Waals surface area contributed by atoms with Crippen molar-refractivity contribution in [3.63, 3.8) is 0 Å². The maximum absolute atomic E-state index is 13.0. The van der Waals surface area contributed by atoms with Crippen LogP contribution in [0.2, 0.25) is 0 Å². The summed E-state index contributed by atoms with van der Waals surface area (Å²) in [6.07, 6.45) is 14.3. The zero-order valence-corrected chi connectivity index (χ0v) is 21.2. The molecule has 35 heavy (non-hydrogen) atoms. The Bertz CT molecular complexity index is 820. The van der Waals surface area contributed by atoms with Crippen LogP contribution < -0.4 is 10.2 Å². The molecule has 0 radical (unpaired) electrons. The number of nitrogens with zero attached hydrogens (tertiary/aromatic N) is 1. The number of rotatable bonds is 17. The lowest BCUT2D eigenvalue weighted by atomic mass is 10.1. The molecule has 0 aromatic heterocycles. The van der Waals surface area contributed by atoms with E-state index in [1.807, 2.05) is 0 Å². The summed E-state index contributed by atoms with van der Waals surface area (Å²) < 4.78 is 0. The lowest BCUT2D eigenvalue weighted by molar-refractivity contribution is -0.121. The Balaban J connectivity index is 1.67. The second kappa shape index (κ2) is 16.6. The molecule has 192 valence electrons. The van der Waals surface area contributed by atoms with Crippen molar-refractivity contribution in [3.05, 3.63) is 48.5 Å². The van der Waals surface area contributed by atoms with E-state index in [-0.39, 0.29) is 36.3 Å². The first-order valence-corrected chi connectivity index (χ1v) is 13.2. The third kappa shape index (κ3) is 11.3. The molecule has 0 heterocycles. The molecule has 0 unspecified atom stereocenters. The van der Waals surface area contributed by atoms with Crippen LogP contribution in [0.1, 0.15) is 90.4 Å². The van der Waals surface area contributed by atoms with Crippen LogP contribution in [0.5, 0.6) is 11.5 Å². The SMILES string of the molecule is CCCCCCCCCCCCCC(=O)NCCC(=O)N(c1ccc(O)cc1)c1ccc(O)cc1. The van der Waals surface area contributed by atoms with E-state index in [0.29, 0.717) is 17.8 Å². The van der Waals surface area contributed by atoms with Gasteiger partial charge in [-0.1, -0.05) is 71.1 Å². The first kappa shape index (κ1) is 28.2. The minimum Gasteiger partial charge on any atom is -0.508 e. The van der Waals surface area contributed by atoms with Gasteiger partial charge in [0.1, 0.15) is 11.5 Å². The van der Waals surface area contributed by atoms with E-state index in [1.165, 1.54) is 87.0 Å². The van der Waals surface area contributed by atoms with Crippen LogP contribution in [0, 0.1) is 0 Å². The van der Waals surface area contributed by atoms with Gasteiger partial charge in [-0.25, -0.2) is 0 Å². The molecule has 2 rings (SSSR count). The molecular formula is C29H42N2O4. The molecule has 0 aliphatic carbocycles. The predicted molar refractivity (Wildman–Crippen MR) is 142 cm³/mol. The summed E-state index contributed by atoms with van der Waals surface area (Å²) >= 11 is 0. The zero-order chi connectivity index (χ0) is 25.3. The molecule has 2 aromatic rings. The van der Waals surface area contributed by atoms with Gasteiger partial charge in [-0.2, -0.15) is 0 Å². The molecule has 6 nitrogen and oxygen atoms in total. The molecule has 0 saturated heterocycles. The minimum atomic E-state index is -0.184. The normalized spacial score (nSPS) is 10.8. The number of phenolic OH excluding ortho intramolecular Hbond substituents is 2. The Morgan fingerprint density at radius 1 is 0.657 bits per heavy atom. The summed E-state index contributed by atoms with van der Waals surface area (Å²) in [4.78, 5) is 26.7. The number of unbranched alkanes of at least 4 members (excludes halogenated alkanes) is 10. The number of carbonyl (C=O) groups is 2. The van der Waals surface area contributed by atoms with Crippen molar-refractivity contribution in [2.45, 2.75) is 90.4 Å². The number of aromatic hydroxyl groups is 2. The van der Waals surface area contributed by atoms with Crippen LogP contribution in [0.3, 0.4) is 0 Å². The van der Waals surface area contributed by atoms with Gasteiger partial charge < -0.3 is 15.5 Å². The van der Waals surface area contributed by atoms with Crippen molar-refractivity contribution in [2.24, 2.45) is 0 Å². The van der Waals surface area contributed by atoms with Crippen LogP contribution in [0.4, 0.5) is 11.4 Å². The van der Waals surface area contributed by atoms with Gasteiger partial charge in [-0.15, -0.1) is 0 Å². The largest absolute Gasteiger partial charge is 0.508 e. The number of carbonyl (C=O) groups excluding carboxylic acids is 2. The summed E-state index contributed by atoms with van der Waals surface area (Å²) in [6, 6.07) is 12.7. The molecule has 6 heteroatoms. The summed E-state index contributed by atoms with van der Waals surface area (Å²) in [5.41, 5.74) is 1.21. The Labute approximate surface area is 210 Å². The number of hydrogen-bond acceptors (Lipinski definition) is 4. The molecule has 2 aromatic carbocycles. The second-order valence-corrected chi connectivity index (χ2v) is 9.15. The van der Waals surface area contributed by atoms with Gasteiger partial charge in [0.05, 0.1) is 0 Å². The summed E-state index contributed by atoms with van der Waals surface area (Å²) in [6.45, 7) is 2.51. The number of nitrogens with one attached hydrogen (secondary N) is 1. The summed E-state index contributed by atoms with van der Waals surface area (Å²) in [7, 11) is 0. The summed E-state index contributed by atoms with van der Waals surface area (Å²) in [5.74, 6) is 0.0222. The lowest BCUT2D eigenvalue weighted by Crippen LogP contribution is -2.31. The highest BCUT2D eigenvalue weighted by Gasteiger charge is 2.18. The number of anilines is 2.